The molecule has 0 saturated heterocycles. The molecule has 8 heteroatoms. The van der Waals surface area contributed by atoms with Crippen LogP contribution in [0.2, 0.25) is 0 Å². The molecule has 27 heavy (non-hydrogen) atoms. The molecule has 0 aliphatic carbocycles. The second-order valence-electron chi connectivity index (χ2n) is 5.69. The first-order chi connectivity index (χ1) is 12.9. The molecule has 1 aromatic heterocycles. The van der Waals surface area contributed by atoms with E-state index in [1.807, 2.05) is 31.2 Å². The number of non-ortho nitro benzene ring substituents is 1. The van der Waals surface area contributed by atoms with Gasteiger partial charge in [0.25, 0.3) is 11.6 Å². The van der Waals surface area contributed by atoms with Crippen LogP contribution >= 0.6 is 15.9 Å². The smallest absolute Gasteiger partial charge is 0.271 e. The third kappa shape index (κ3) is 4.48. The van der Waals surface area contributed by atoms with Crippen molar-refractivity contribution in [3.05, 3.63) is 86.1 Å². The predicted octanol–water partition coefficient (Wildman–Crippen LogP) is 4.69. The van der Waals surface area contributed by atoms with E-state index in [4.69, 9.17) is 4.42 Å². The van der Waals surface area contributed by atoms with Crippen molar-refractivity contribution in [2.45, 2.75) is 6.92 Å². The number of hydrogen-bond acceptors (Lipinski definition) is 5. The van der Waals surface area contributed by atoms with E-state index in [0.29, 0.717) is 11.5 Å². The number of amides is 1. The first-order valence-electron chi connectivity index (χ1n) is 7.88. The fourth-order valence-electron chi connectivity index (χ4n) is 2.34. The zero-order chi connectivity index (χ0) is 19.4. The van der Waals surface area contributed by atoms with Crippen LogP contribution in [0, 0.1) is 17.0 Å². The van der Waals surface area contributed by atoms with E-state index in [0.717, 1.165) is 15.6 Å². The van der Waals surface area contributed by atoms with Gasteiger partial charge in [-0.05, 0) is 48.9 Å². The Kier molecular flexibility index (Phi) is 5.46. The molecule has 1 heterocycles. The van der Waals surface area contributed by atoms with Gasteiger partial charge in [-0.1, -0.05) is 22.0 Å². The molecule has 0 unspecified atom stereocenters. The van der Waals surface area contributed by atoms with Crippen molar-refractivity contribution in [2.75, 3.05) is 0 Å². The maximum Gasteiger partial charge on any atom is 0.271 e. The molecule has 0 radical (unpaired) electrons. The highest BCUT2D eigenvalue weighted by Crippen LogP contribution is 2.30. The van der Waals surface area contributed by atoms with Gasteiger partial charge in [-0.25, -0.2) is 5.43 Å². The summed E-state index contributed by atoms with van der Waals surface area (Å²) < 4.78 is 6.64. The lowest BCUT2D eigenvalue weighted by molar-refractivity contribution is -0.384. The average Bonchev–Trinajstić information content (AvgIpc) is 3.10. The van der Waals surface area contributed by atoms with Gasteiger partial charge < -0.3 is 4.42 Å². The molecule has 0 aliphatic heterocycles. The van der Waals surface area contributed by atoms with Crippen LogP contribution in [0.4, 0.5) is 5.69 Å². The Morgan fingerprint density at radius 3 is 2.59 bits per heavy atom. The molecule has 2 aromatic carbocycles. The first-order valence-corrected chi connectivity index (χ1v) is 8.67. The van der Waals surface area contributed by atoms with Crippen molar-refractivity contribution in [3.8, 4) is 11.3 Å². The van der Waals surface area contributed by atoms with Crippen LogP contribution in [0.5, 0.6) is 0 Å². The van der Waals surface area contributed by atoms with Crippen molar-refractivity contribution in [1.29, 1.82) is 0 Å². The van der Waals surface area contributed by atoms with E-state index in [9.17, 15) is 14.9 Å². The van der Waals surface area contributed by atoms with Crippen molar-refractivity contribution in [2.24, 2.45) is 5.10 Å². The van der Waals surface area contributed by atoms with Crippen LogP contribution < -0.4 is 5.43 Å². The number of nitro groups is 1. The lowest BCUT2D eigenvalue weighted by Gasteiger charge is -2.02. The molecule has 0 aliphatic rings. The Hall–Kier alpha value is -3.26. The number of nitrogens with one attached hydrogen (secondary N) is 1. The number of nitrogens with zero attached hydrogens (tertiary/aromatic N) is 2. The molecule has 0 saturated carbocycles. The normalized spacial score (nSPS) is 10.9. The molecular weight excluding hydrogens is 414 g/mol. The summed E-state index contributed by atoms with van der Waals surface area (Å²) in [4.78, 5) is 22.1. The molecule has 136 valence electrons. The lowest BCUT2D eigenvalue weighted by Crippen LogP contribution is -2.17. The molecule has 3 rings (SSSR count). The number of furan rings is 1. The minimum atomic E-state index is -0.527. The zero-order valence-corrected chi connectivity index (χ0v) is 15.8. The lowest BCUT2D eigenvalue weighted by atomic mass is 10.1. The summed E-state index contributed by atoms with van der Waals surface area (Å²) in [5.41, 5.74) is 4.58. The fraction of sp³-hybridized carbons (Fsp3) is 0.0526. The summed E-state index contributed by atoms with van der Waals surface area (Å²) in [7, 11) is 0. The van der Waals surface area contributed by atoms with Gasteiger partial charge in [-0.3, -0.25) is 14.9 Å². The van der Waals surface area contributed by atoms with Crippen molar-refractivity contribution >= 4 is 33.7 Å². The van der Waals surface area contributed by atoms with Crippen LogP contribution in [-0.4, -0.2) is 17.0 Å². The van der Waals surface area contributed by atoms with Gasteiger partial charge in [0.05, 0.1) is 11.1 Å². The first kappa shape index (κ1) is 18.5. The highest BCUT2D eigenvalue weighted by molar-refractivity contribution is 9.10. The maximum absolute atomic E-state index is 12.0. The van der Waals surface area contributed by atoms with Gasteiger partial charge in [0.1, 0.15) is 11.5 Å². The number of hydrazone groups is 1. The Labute approximate surface area is 163 Å². The molecule has 1 N–H and O–H groups in total. The van der Waals surface area contributed by atoms with Gasteiger partial charge in [0.15, 0.2) is 0 Å². The van der Waals surface area contributed by atoms with E-state index >= 15 is 0 Å². The highest BCUT2D eigenvalue weighted by Gasteiger charge is 2.10. The number of hydrogen-bond donors (Lipinski definition) is 1. The molecule has 0 fully saturated rings. The second kappa shape index (κ2) is 7.96. The Balaban J connectivity index is 1.65. The van der Waals surface area contributed by atoms with E-state index in [2.05, 4.69) is 26.5 Å². The van der Waals surface area contributed by atoms with Crippen LogP contribution in [0.15, 0.2) is 68.6 Å². The Morgan fingerprint density at radius 2 is 1.93 bits per heavy atom. The second-order valence-corrected chi connectivity index (χ2v) is 6.54. The number of halogens is 1. The van der Waals surface area contributed by atoms with Gasteiger partial charge >= 0.3 is 0 Å². The average molecular weight is 428 g/mol. The molecule has 7 nitrogen and oxygen atoms in total. The van der Waals surface area contributed by atoms with E-state index < -0.39 is 10.8 Å². The summed E-state index contributed by atoms with van der Waals surface area (Å²) in [6.45, 7) is 2.00. The third-order valence-electron chi connectivity index (χ3n) is 3.72. The predicted molar refractivity (Wildman–Crippen MR) is 105 cm³/mol. The van der Waals surface area contributed by atoms with E-state index in [1.165, 1.54) is 30.5 Å². The van der Waals surface area contributed by atoms with Crippen molar-refractivity contribution in [1.82, 2.24) is 5.43 Å². The number of rotatable bonds is 5. The topological polar surface area (TPSA) is 97.7 Å². The van der Waals surface area contributed by atoms with Crippen LogP contribution in [0.25, 0.3) is 11.3 Å². The quantitative estimate of drug-likeness (QED) is 0.362. The number of carbonyl (C=O) groups excluding carboxylic acids is 1. The number of nitro benzene ring substituents is 1. The van der Waals surface area contributed by atoms with Crippen molar-refractivity contribution < 1.29 is 14.1 Å². The van der Waals surface area contributed by atoms with Crippen LogP contribution in [0.3, 0.4) is 0 Å². The summed E-state index contributed by atoms with van der Waals surface area (Å²) in [6, 6.07) is 14.7. The standard InChI is InChI=1S/C19H14BrN3O4/c1-12-2-8-16(17(20)10-12)18-9-7-15(27-18)11-21-22-19(24)13-3-5-14(6-4-13)23(25)26/h2-11H,1H3,(H,22,24)/b21-11-. The van der Waals surface area contributed by atoms with Crippen LogP contribution in [-0.2, 0) is 0 Å². The summed E-state index contributed by atoms with van der Waals surface area (Å²) in [5.74, 6) is 0.667. The van der Waals surface area contributed by atoms with E-state index in [1.54, 1.807) is 6.07 Å². The monoisotopic (exact) mass is 427 g/mol. The Morgan fingerprint density at radius 1 is 1.19 bits per heavy atom. The zero-order valence-electron chi connectivity index (χ0n) is 14.2. The molecule has 0 bridgehead atoms. The van der Waals surface area contributed by atoms with Crippen LogP contribution in [0.1, 0.15) is 21.7 Å². The van der Waals surface area contributed by atoms with E-state index in [-0.39, 0.29) is 11.3 Å². The summed E-state index contributed by atoms with van der Waals surface area (Å²) >= 11 is 3.51. The fourth-order valence-corrected chi connectivity index (χ4v) is 3.03. The minimum Gasteiger partial charge on any atom is -0.455 e. The molecule has 1 amide bonds. The molecule has 0 atom stereocenters. The number of benzene rings is 2. The third-order valence-corrected chi connectivity index (χ3v) is 4.37. The summed E-state index contributed by atoms with van der Waals surface area (Å²) in [5, 5.41) is 14.5. The van der Waals surface area contributed by atoms with Gasteiger partial charge in [0.2, 0.25) is 0 Å². The summed E-state index contributed by atoms with van der Waals surface area (Å²) in [6.07, 6.45) is 1.38. The Bertz CT molecular complexity index is 1030. The molecular formula is C19H14BrN3O4. The number of carbonyl (C=O) groups is 1. The SMILES string of the molecule is Cc1ccc(-c2ccc(/C=N\NC(=O)c3ccc([N+](=O)[O-])cc3)o2)c(Br)c1. The number of aryl methyl sites for hydroxylation is 1. The maximum atomic E-state index is 12.0. The van der Waals surface area contributed by atoms with Gasteiger partial charge in [-0.15, -0.1) is 0 Å². The van der Waals surface area contributed by atoms with Crippen molar-refractivity contribution in [3.63, 3.8) is 0 Å². The minimum absolute atomic E-state index is 0.0829. The molecule has 0 spiro atoms. The largest absolute Gasteiger partial charge is 0.455 e. The highest BCUT2D eigenvalue weighted by atomic mass is 79.9. The van der Waals surface area contributed by atoms with Gasteiger partial charge in [-0.2, -0.15) is 5.10 Å². The molecule has 3 aromatic rings. The van der Waals surface area contributed by atoms with Gasteiger partial charge in [0, 0.05) is 27.7 Å².